The summed E-state index contributed by atoms with van der Waals surface area (Å²) in [6, 6.07) is 4.65. The lowest BCUT2D eigenvalue weighted by atomic mass is 10.0. The minimum atomic E-state index is -1.01. The van der Waals surface area contributed by atoms with Crippen molar-refractivity contribution in [1.29, 1.82) is 0 Å². The van der Waals surface area contributed by atoms with E-state index in [-0.39, 0.29) is 12.4 Å². The van der Waals surface area contributed by atoms with Crippen LogP contribution < -0.4 is 5.32 Å². The van der Waals surface area contributed by atoms with E-state index >= 15 is 0 Å². The zero-order chi connectivity index (χ0) is 11.7. The quantitative estimate of drug-likeness (QED) is 0.552. The van der Waals surface area contributed by atoms with Crippen molar-refractivity contribution in [2.45, 2.75) is 24.3 Å². The second-order valence-corrected chi connectivity index (χ2v) is 3.97. The molecule has 0 aromatic heterocycles. The van der Waals surface area contributed by atoms with Crippen molar-refractivity contribution in [2.24, 2.45) is 0 Å². The predicted octanol–water partition coefficient (Wildman–Crippen LogP) is -0.447. The molecule has 88 valence electrons. The number of aliphatic hydroxyl groups excluding tert-OH is 3. The van der Waals surface area contributed by atoms with Crippen molar-refractivity contribution in [1.82, 2.24) is 5.32 Å². The predicted molar refractivity (Wildman–Crippen MR) is 55.2 cm³/mol. The molecular weight excluding hydrogens is 213 g/mol. The molecule has 1 saturated heterocycles. The van der Waals surface area contributed by atoms with E-state index in [1.807, 2.05) is 0 Å². The molecule has 4 unspecified atom stereocenters. The molecular formula is C11H14FNO3. The molecule has 2 rings (SSSR count). The first-order chi connectivity index (χ1) is 7.63. The Kier molecular flexibility index (Phi) is 3.20. The average molecular weight is 227 g/mol. The molecule has 1 aromatic carbocycles. The fraction of sp³-hybridized carbons (Fsp3) is 0.455. The largest absolute Gasteiger partial charge is 0.395 e. The molecule has 4 nitrogen and oxygen atoms in total. The maximum atomic E-state index is 12.7. The van der Waals surface area contributed by atoms with Gasteiger partial charge >= 0.3 is 0 Å². The first-order valence-corrected chi connectivity index (χ1v) is 5.12. The number of nitrogens with one attached hydrogen (secondary N) is 1. The van der Waals surface area contributed by atoms with Crippen molar-refractivity contribution in [2.75, 3.05) is 6.61 Å². The Morgan fingerprint density at radius 2 is 1.75 bits per heavy atom. The molecule has 5 heteroatoms. The van der Waals surface area contributed by atoms with Gasteiger partial charge in [-0.1, -0.05) is 12.1 Å². The van der Waals surface area contributed by atoms with Gasteiger partial charge in [0.1, 0.15) is 11.9 Å². The van der Waals surface area contributed by atoms with Gasteiger partial charge in [-0.3, -0.25) is 0 Å². The molecule has 0 amide bonds. The Balaban J connectivity index is 2.19. The van der Waals surface area contributed by atoms with Crippen LogP contribution in [0.15, 0.2) is 24.3 Å². The maximum absolute atomic E-state index is 12.7. The van der Waals surface area contributed by atoms with Crippen molar-refractivity contribution in [3.05, 3.63) is 35.6 Å². The molecule has 1 aliphatic rings. The number of hydrogen-bond acceptors (Lipinski definition) is 4. The minimum Gasteiger partial charge on any atom is -0.395 e. The Hall–Kier alpha value is -1.01. The highest BCUT2D eigenvalue weighted by Crippen LogP contribution is 2.27. The highest BCUT2D eigenvalue weighted by atomic mass is 19.1. The van der Waals surface area contributed by atoms with E-state index in [4.69, 9.17) is 5.11 Å². The van der Waals surface area contributed by atoms with E-state index in [2.05, 4.69) is 5.32 Å². The lowest BCUT2D eigenvalue weighted by Crippen LogP contribution is -2.35. The molecule has 1 fully saturated rings. The third kappa shape index (κ3) is 1.94. The van der Waals surface area contributed by atoms with E-state index in [1.165, 1.54) is 12.1 Å². The zero-order valence-corrected chi connectivity index (χ0v) is 8.55. The normalized spacial score (nSPS) is 34.2. The van der Waals surface area contributed by atoms with Crippen LogP contribution in [-0.4, -0.2) is 40.2 Å². The van der Waals surface area contributed by atoms with Crippen LogP contribution in [0, 0.1) is 5.82 Å². The first kappa shape index (κ1) is 11.5. The Morgan fingerprint density at radius 1 is 1.12 bits per heavy atom. The molecule has 0 spiro atoms. The van der Waals surface area contributed by atoms with E-state index in [0.717, 1.165) is 0 Å². The molecule has 0 radical (unpaired) electrons. The van der Waals surface area contributed by atoms with Gasteiger partial charge in [0.05, 0.1) is 24.8 Å². The van der Waals surface area contributed by atoms with Crippen LogP contribution in [0.3, 0.4) is 0 Å². The van der Waals surface area contributed by atoms with Gasteiger partial charge < -0.3 is 20.6 Å². The molecule has 0 bridgehead atoms. The number of benzene rings is 1. The van der Waals surface area contributed by atoms with Gasteiger partial charge in [0.15, 0.2) is 0 Å². The van der Waals surface area contributed by atoms with Gasteiger partial charge in [-0.15, -0.1) is 0 Å². The zero-order valence-electron chi connectivity index (χ0n) is 8.55. The summed E-state index contributed by atoms with van der Waals surface area (Å²) in [6.07, 6.45) is -2.01. The van der Waals surface area contributed by atoms with Crippen molar-refractivity contribution in [3.63, 3.8) is 0 Å². The average Bonchev–Trinajstić information content (AvgIpc) is 2.57. The van der Waals surface area contributed by atoms with Gasteiger partial charge in [0.25, 0.3) is 0 Å². The second kappa shape index (κ2) is 4.47. The second-order valence-electron chi connectivity index (χ2n) is 3.97. The summed E-state index contributed by atoms with van der Waals surface area (Å²) in [5.74, 6) is -0.351. The van der Waals surface area contributed by atoms with E-state index in [0.29, 0.717) is 5.56 Å². The maximum Gasteiger partial charge on any atom is 0.123 e. The molecule has 16 heavy (non-hydrogen) atoms. The van der Waals surface area contributed by atoms with Crippen LogP contribution in [0.4, 0.5) is 4.39 Å². The van der Waals surface area contributed by atoms with Crippen LogP contribution >= 0.6 is 0 Å². The topological polar surface area (TPSA) is 72.7 Å². The molecule has 4 N–H and O–H groups in total. The van der Waals surface area contributed by atoms with Crippen LogP contribution in [0.2, 0.25) is 0 Å². The van der Waals surface area contributed by atoms with Gasteiger partial charge in [0.2, 0.25) is 0 Å². The number of halogens is 1. The van der Waals surface area contributed by atoms with Gasteiger partial charge in [-0.25, -0.2) is 4.39 Å². The monoisotopic (exact) mass is 227 g/mol. The summed E-state index contributed by atoms with van der Waals surface area (Å²) < 4.78 is 12.7. The Labute approximate surface area is 92.3 Å². The SMILES string of the molecule is OCC1NC(c2ccc(F)cc2)C(O)C1O. The standard InChI is InChI=1S/C11H14FNO3/c12-7-3-1-6(2-4-7)9-11(16)10(15)8(5-14)13-9/h1-4,8-11,13-16H,5H2. The minimum absolute atomic E-state index is 0.254. The molecule has 1 aromatic rings. The fourth-order valence-electron chi connectivity index (χ4n) is 1.99. The first-order valence-electron chi connectivity index (χ1n) is 5.12. The van der Waals surface area contributed by atoms with Gasteiger partial charge in [-0.05, 0) is 17.7 Å². The molecule has 1 aliphatic heterocycles. The number of hydrogen-bond donors (Lipinski definition) is 4. The summed E-state index contributed by atoms with van der Waals surface area (Å²) in [5.41, 5.74) is 0.684. The highest BCUT2D eigenvalue weighted by molar-refractivity contribution is 5.23. The third-order valence-corrected chi connectivity index (χ3v) is 2.92. The summed E-state index contributed by atoms with van der Waals surface area (Å²) in [7, 11) is 0. The molecule has 0 aliphatic carbocycles. The van der Waals surface area contributed by atoms with E-state index in [9.17, 15) is 14.6 Å². The van der Waals surface area contributed by atoms with Crippen LogP contribution in [0.5, 0.6) is 0 Å². The van der Waals surface area contributed by atoms with Crippen LogP contribution in [0.1, 0.15) is 11.6 Å². The fourth-order valence-corrected chi connectivity index (χ4v) is 1.99. The van der Waals surface area contributed by atoms with E-state index in [1.54, 1.807) is 12.1 Å². The Bertz CT molecular complexity index is 357. The molecule has 0 saturated carbocycles. The lowest BCUT2D eigenvalue weighted by Gasteiger charge is -2.15. The highest BCUT2D eigenvalue weighted by Gasteiger charge is 2.41. The summed E-state index contributed by atoms with van der Waals surface area (Å²) in [5, 5.41) is 31.2. The van der Waals surface area contributed by atoms with Gasteiger partial charge in [0, 0.05) is 0 Å². The number of rotatable bonds is 2. The Morgan fingerprint density at radius 3 is 2.25 bits per heavy atom. The van der Waals surface area contributed by atoms with E-state index < -0.39 is 24.3 Å². The lowest BCUT2D eigenvalue weighted by molar-refractivity contribution is 0.0194. The van der Waals surface area contributed by atoms with Crippen LogP contribution in [-0.2, 0) is 0 Å². The van der Waals surface area contributed by atoms with Crippen LogP contribution in [0.25, 0.3) is 0 Å². The van der Waals surface area contributed by atoms with Crippen molar-refractivity contribution in [3.8, 4) is 0 Å². The summed E-state index contributed by atoms with van der Waals surface area (Å²) in [6.45, 7) is -0.254. The van der Waals surface area contributed by atoms with Crippen molar-refractivity contribution < 1.29 is 19.7 Å². The van der Waals surface area contributed by atoms with Gasteiger partial charge in [-0.2, -0.15) is 0 Å². The summed E-state index contributed by atoms with van der Waals surface area (Å²) in [4.78, 5) is 0. The summed E-state index contributed by atoms with van der Waals surface area (Å²) >= 11 is 0. The molecule has 4 atom stereocenters. The number of aliphatic hydroxyl groups is 3. The van der Waals surface area contributed by atoms with Crippen molar-refractivity contribution >= 4 is 0 Å². The smallest absolute Gasteiger partial charge is 0.123 e. The molecule has 1 heterocycles. The third-order valence-electron chi connectivity index (χ3n) is 2.92.